The van der Waals surface area contributed by atoms with E-state index in [-0.39, 0.29) is 0 Å². The Morgan fingerprint density at radius 3 is 3.08 bits per heavy atom. The van der Waals surface area contributed by atoms with Crippen LogP contribution in [-0.2, 0) is 12.8 Å². The molecule has 0 bridgehead atoms. The first kappa shape index (κ1) is 9.22. The van der Waals surface area contributed by atoms with Gasteiger partial charge in [0, 0.05) is 10.9 Å². The number of nitrogens with two attached hydrogens (primary N) is 1. The summed E-state index contributed by atoms with van der Waals surface area (Å²) >= 11 is 1.90. The molecule has 0 saturated carbocycles. The molecule has 13 heavy (non-hydrogen) atoms. The van der Waals surface area contributed by atoms with Gasteiger partial charge < -0.3 is 5.73 Å². The average molecular weight is 195 g/mol. The summed E-state index contributed by atoms with van der Waals surface area (Å²) in [7, 11) is 0. The Morgan fingerprint density at radius 1 is 1.62 bits per heavy atom. The second kappa shape index (κ2) is 3.43. The maximum atomic E-state index is 6.16. The molecule has 1 aromatic heterocycles. The normalized spacial score (nSPS) is 27.3. The summed E-state index contributed by atoms with van der Waals surface area (Å²) in [6.07, 6.45) is 3.54. The van der Waals surface area contributed by atoms with E-state index in [0.29, 0.717) is 6.04 Å². The van der Waals surface area contributed by atoms with Gasteiger partial charge in [0.1, 0.15) is 0 Å². The highest BCUT2D eigenvalue weighted by molar-refractivity contribution is 7.10. The average Bonchev–Trinajstić information content (AvgIpc) is 2.47. The maximum Gasteiger partial charge on any atom is 0.0311 e. The summed E-state index contributed by atoms with van der Waals surface area (Å²) in [6, 6.07) is 0.306. The van der Waals surface area contributed by atoms with Crippen molar-refractivity contribution in [3.8, 4) is 0 Å². The largest absolute Gasteiger partial charge is 0.324 e. The summed E-state index contributed by atoms with van der Waals surface area (Å²) in [5.74, 6) is 0.769. The molecule has 72 valence electrons. The Labute approximate surface area is 84.0 Å². The molecular formula is C11H17NS. The van der Waals surface area contributed by atoms with Crippen LogP contribution >= 0.6 is 11.3 Å². The molecule has 0 fully saturated rings. The number of fused-ring (bicyclic) bond motifs is 1. The molecule has 0 aliphatic heterocycles. The van der Waals surface area contributed by atoms with Crippen LogP contribution in [0.15, 0.2) is 5.38 Å². The van der Waals surface area contributed by atoms with Crippen LogP contribution in [0.3, 0.4) is 0 Å². The van der Waals surface area contributed by atoms with E-state index >= 15 is 0 Å². The Hall–Kier alpha value is -0.340. The standard InChI is InChI=1S/C11H17NS/c1-3-8-6-13-10-5-7(2)4-9(12)11(8)10/h6-7,9H,3-5,12H2,1-2H3. The molecule has 1 aliphatic rings. The molecule has 1 heterocycles. The van der Waals surface area contributed by atoms with E-state index in [1.54, 1.807) is 4.88 Å². The summed E-state index contributed by atoms with van der Waals surface area (Å²) in [4.78, 5) is 1.54. The summed E-state index contributed by atoms with van der Waals surface area (Å²) in [5.41, 5.74) is 9.13. The third-order valence-corrected chi connectivity index (χ3v) is 4.01. The van der Waals surface area contributed by atoms with Gasteiger partial charge in [0.05, 0.1) is 0 Å². The van der Waals surface area contributed by atoms with Crippen LogP contribution < -0.4 is 5.73 Å². The zero-order valence-corrected chi connectivity index (χ0v) is 9.16. The van der Waals surface area contributed by atoms with Crippen molar-refractivity contribution in [3.05, 3.63) is 21.4 Å². The predicted molar refractivity (Wildman–Crippen MR) is 58.1 cm³/mol. The third kappa shape index (κ3) is 1.53. The molecule has 2 unspecified atom stereocenters. The highest BCUT2D eigenvalue weighted by atomic mass is 32.1. The van der Waals surface area contributed by atoms with Gasteiger partial charge in [-0.25, -0.2) is 0 Å². The van der Waals surface area contributed by atoms with Gasteiger partial charge in [-0.15, -0.1) is 11.3 Å². The lowest BCUT2D eigenvalue weighted by molar-refractivity contribution is 0.443. The number of aryl methyl sites for hydroxylation is 1. The first-order chi connectivity index (χ1) is 6.22. The van der Waals surface area contributed by atoms with Gasteiger partial charge in [-0.05, 0) is 41.7 Å². The lowest BCUT2D eigenvalue weighted by Gasteiger charge is -2.25. The molecule has 0 spiro atoms. The van der Waals surface area contributed by atoms with E-state index in [1.807, 2.05) is 11.3 Å². The number of hydrogen-bond donors (Lipinski definition) is 1. The maximum absolute atomic E-state index is 6.16. The van der Waals surface area contributed by atoms with Gasteiger partial charge in [0.2, 0.25) is 0 Å². The molecular weight excluding hydrogens is 178 g/mol. The van der Waals surface area contributed by atoms with Crippen molar-refractivity contribution in [3.63, 3.8) is 0 Å². The molecule has 1 aliphatic carbocycles. The second-order valence-corrected chi connectivity index (χ2v) is 5.07. The van der Waals surface area contributed by atoms with Crippen molar-refractivity contribution < 1.29 is 0 Å². The van der Waals surface area contributed by atoms with Crippen LogP contribution in [0, 0.1) is 5.92 Å². The minimum atomic E-state index is 0.306. The van der Waals surface area contributed by atoms with Crippen molar-refractivity contribution in [2.24, 2.45) is 11.7 Å². The van der Waals surface area contributed by atoms with Crippen LogP contribution in [0.1, 0.15) is 42.3 Å². The lowest BCUT2D eigenvalue weighted by atomic mass is 9.85. The van der Waals surface area contributed by atoms with E-state index in [9.17, 15) is 0 Å². The quantitative estimate of drug-likeness (QED) is 0.732. The van der Waals surface area contributed by atoms with Crippen LogP contribution in [0.25, 0.3) is 0 Å². The highest BCUT2D eigenvalue weighted by Crippen LogP contribution is 2.37. The van der Waals surface area contributed by atoms with Crippen LogP contribution in [-0.4, -0.2) is 0 Å². The predicted octanol–water partition coefficient (Wildman–Crippen LogP) is 2.89. The highest BCUT2D eigenvalue weighted by Gasteiger charge is 2.25. The van der Waals surface area contributed by atoms with Crippen LogP contribution in [0.5, 0.6) is 0 Å². The van der Waals surface area contributed by atoms with Crippen molar-refractivity contribution in [2.45, 2.75) is 39.2 Å². The van der Waals surface area contributed by atoms with E-state index in [2.05, 4.69) is 19.2 Å². The van der Waals surface area contributed by atoms with Crippen molar-refractivity contribution in [1.29, 1.82) is 0 Å². The van der Waals surface area contributed by atoms with E-state index in [4.69, 9.17) is 5.73 Å². The topological polar surface area (TPSA) is 26.0 Å². The Kier molecular flexibility index (Phi) is 2.43. The monoisotopic (exact) mass is 195 g/mol. The summed E-state index contributed by atoms with van der Waals surface area (Å²) in [6.45, 7) is 4.52. The van der Waals surface area contributed by atoms with Crippen LogP contribution in [0.4, 0.5) is 0 Å². The fraction of sp³-hybridized carbons (Fsp3) is 0.636. The molecule has 2 atom stereocenters. The Morgan fingerprint density at radius 2 is 2.38 bits per heavy atom. The van der Waals surface area contributed by atoms with Crippen molar-refractivity contribution in [2.75, 3.05) is 0 Å². The number of hydrogen-bond acceptors (Lipinski definition) is 2. The summed E-state index contributed by atoms with van der Waals surface area (Å²) < 4.78 is 0. The first-order valence-electron chi connectivity index (χ1n) is 5.07. The van der Waals surface area contributed by atoms with Gasteiger partial charge in [-0.1, -0.05) is 13.8 Å². The van der Waals surface area contributed by atoms with Crippen LogP contribution in [0.2, 0.25) is 0 Å². The Bertz CT molecular complexity index is 303. The fourth-order valence-electron chi connectivity index (χ4n) is 2.28. The smallest absolute Gasteiger partial charge is 0.0311 e. The SMILES string of the molecule is CCc1csc2c1C(N)CC(C)C2. The number of thiophene rings is 1. The molecule has 0 aromatic carbocycles. The zero-order chi connectivity index (χ0) is 9.42. The molecule has 2 rings (SSSR count). The minimum absolute atomic E-state index is 0.306. The number of rotatable bonds is 1. The Balaban J connectivity index is 2.40. The molecule has 1 nitrogen and oxygen atoms in total. The van der Waals surface area contributed by atoms with Gasteiger partial charge in [-0.2, -0.15) is 0 Å². The molecule has 1 aromatic rings. The molecule has 2 heteroatoms. The zero-order valence-electron chi connectivity index (χ0n) is 8.34. The lowest BCUT2D eigenvalue weighted by Crippen LogP contribution is -2.22. The van der Waals surface area contributed by atoms with Gasteiger partial charge in [0.25, 0.3) is 0 Å². The minimum Gasteiger partial charge on any atom is -0.324 e. The molecule has 0 radical (unpaired) electrons. The van der Waals surface area contributed by atoms with Gasteiger partial charge >= 0.3 is 0 Å². The van der Waals surface area contributed by atoms with E-state index in [1.165, 1.54) is 17.5 Å². The van der Waals surface area contributed by atoms with Crippen molar-refractivity contribution >= 4 is 11.3 Å². The fourth-order valence-corrected chi connectivity index (χ4v) is 3.64. The third-order valence-electron chi connectivity index (χ3n) is 2.93. The molecule has 0 amide bonds. The molecule has 0 saturated heterocycles. The van der Waals surface area contributed by atoms with E-state index in [0.717, 1.165) is 18.8 Å². The molecule has 2 N–H and O–H groups in total. The van der Waals surface area contributed by atoms with E-state index < -0.39 is 0 Å². The van der Waals surface area contributed by atoms with Gasteiger partial charge in [0.15, 0.2) is 0 Å². The second-order valence-electron chi connectivity index (χ2n) is 4.10. The van der Waals surface area contributed by atoms with Gasteiger partial charge in [-0.3, -0.25) is 0 Å². The first-order valence-corrected chi connectivity index (χ1v) is 5.95. The van der Waals surface area contributed by atoms with Crippen molar-refractivity contribution in [1.82, 2.24) is 0 Å². The summed E-state index contributed by atoms with van der Waals surface area (Å²) in [5, 5.41) is 2.29.